The van der Waals surface area contributed by atoms with Crippen molar-refractivity contribution in [1.29, 1.82) is 0 Å². The van der Waals surface area contributed by atoms with Crippen LogP contribution in [0.2, 0.25) is 0 Å². The van der Waals surface area contributed by atoms with Gasteiger partial charge in [-0.25, -0.2) is 8.42 Å². The molecule has 3 rings (SSSR count). The molecule has 2 aliphatic carbocycles. The van der Waals surface area contributed by atoms with E-state index in [0.29, 0.717) is 23.5 Å². The Bertz CT molecular complexity index is 359. The van der Waals surface area contributed by atoms with Gasteiger partial charge in [-0.3, -0.25) is 0 Å². The van der Waals surface area contributed by atoms with Gasteiger partial charge in [0.1, 0.15) is 0 Å². The van der Waals surface area contributed by atoms with Crippen LogP contribution in [-0.2, 0) is 9.84 Å². The highest BCUT2D eigenvalue weighted by atomic mass is 32.2. The minimum Gasteiger partial charge on any atom is -0.229 e. The summed E-state index contributed by atoms with van der Waals surface area (Å²) in [5.74, 6) is 2.11. The molecule has 0 spiro atoms. The number of fused-ring (bicyclic) bond motifs is 1. The third-order valence-corrected chi connectivity index (χ3v) is 7.43. The van der Waals surface area contributed by atoms with Crippen molar-refractivity contribution in [2.24, 2.45) is 23.2 Å². The van der Waals surface area contributed by atoms with E-state index in [9.17, 15) is 8.42 Å². The molecule has 0 aromatic rings. The first-order valence-electron chi connectivity index (χ1n) is 5.16. The van der Waals surface area contributed by atoms with Crippen LogP contribution >= 0.6 is 0 Å². The van der Waals surface area contributed by atoms with Crippen LogP contribution in [0.4, 0.5) is 0 Å². The third kappa shape index (κ3) is 0.780. The van der Waals surface area contributed by atoms with Crippen molar-refractivity contribution in [2.45, 2.75) is 31.9 Å². The fourth-order valence-corrected chi connectivity index (χ4v) is 7.57. The fourth-order valence-electron chi connectivity index (χ4n) is 4.31. The average Bonchev–Trinajstić information content (AvgIpc) is 2.43. The van der Waals surface area contributed by atoms with Crippen LogP contribution in [0, 0.1) is 23.2 Å². The molecule has 5 unspecified atom stereocenters. The SMILES string of the molecule is CC1C2CC3C1S(=O)(=O)CC3(C)C2. The van der Waals surface area contributed by atoms with E-state index >= 15 is 0 Å². The summed E-state index contributed by atoms with van der Waals surface area (Å²) >= 11 is 0. The average molecular weight is 200 g/mol. The molecule has 1 aliphatic heterocycles. The highest BCUT2D eigenvalue weighted by molar-refractivity contribution is 7.92. The number of rotatable bonds is 0. The largest absolute Gasteiger partial charge is 0.229 e. The normalized spacial score (nSPS) is 61.7. The predicted molar refractivity (Wildman–Crippen MR) is 51.1 cm³/mol. The van der Waals surface area contributed by atoms with Crippen LogP contribution in [0.1, 0.15) is 26.7 Å². The molecule has 0 N–H and O–H groups in total. The van der Waals surface area contributed by atoms with E-state index in [4.69, 9.17) is 0 Å². The second-order valence-corrected chi connectivity index (χ2v) is 7.75. The van der Waals surface area contributed by atoms with Gasteiger partial charge in [0.25, 0.3) is 0 Å². The lowest BCUT2D eigenvalue weighted by atomic mass is 9.73. The van der Waals surface area contributed by atoms with Crippen LogP contribution in [0.3, 0.4) is 0 Å². The Morgan fingerprint density at radius 1 is 1.38 bits per heavy atom. The summed E-state index contributed by atoms with van der Waals surface area (Å²) in [7, 11) is -2.74. The smallest absolute Gasteiger partial charge is 0.154 e. The molecule has 0 aromatic carbocycles. The molecule has 0 radical (unpaired) electrons. The van der Waals surface area contributed by atoms with Gasteiger partial charge in [0.05, 0.1) is 11.0 Å². The summed E-state index contributed by atoms with van der Waals surface area (Å²) < 4.78 is 23.8. The molecule has 1 saturated heterocycles. The summed E-state index contributed by atoms with van der Waals surface area (Å²) in [6.07, 6.45) is 2.34. The zero-order chi connectivity index (χ0) is 9.43. The van der Waals surface area contributed by atoms with Crippen LogP contribution < -0.4 is 0 Å². The zero-order valence-corrected chi connectivity index (χ0v) is 8.97. The minimum atomic E-state index is -2.74. The van der Waals surface area contributed by atoms with Crippen LogP contribution in [0.5, 0.6) is 0 Å². The van der Waals surface area contributed by atoms with Gasteiger partial charge in [0, 0.05) is 0 Å². The molecule has 3 aliphatic rings. The Labute approximate surface area is 79.6 Å². The van der Waals surface area contributed by atoms with E-state index in [1.807, 2.05) is 0 Å². The lowest BCUT2D eigenvalue weighted by Crippen LogP contribution is -2.31. The molecule has 1 heterocycles. The molecule has 2 bridgehead atoms. The van der Waals surface area contributed by atoms with E-state index in [-0.39, 0.29) is 10.7 Å². The lowest BCUT2D eigenvalue weighted by Gasteiger charge is -2.30. The van der Waals surface area contributed by atoms with Crippen molar-refractivity contribution in [3.63, 3.8) is 0 Å². The molecular weight excluding hydrogens is 184 g/mol. The summed E-state index contributed by atoms with van der Waals surface area (Å²) in [6, 6.07) is 0. The monoisotopic (exact) mass is 200 g/mol. The molecular formula is C10H16O2S. The minimum absolute atomic E-state index is 0.0243. The van der Waals surface area contributed by atoms with E-state index < -0.39 is 9.84 Å². The highest BCUT2D eigenvalue weighted by Gasteiger charge is 2.66. The van der Waals surface area contributed by atoms with Crippen molar-refractivity contribution in [1.82, 2.24) is 0 Å². The van der Waals surface area contributed by atoms with Gasteiger partial charge in [-0.2, -0.15) is 0 Å². The number of hydrogen-bond acceptors (Lipinski definition) is 2. The van der Waals surface area contributed by atoms with E-state index in [0.717, 1.165) is 6.42 Å². The van der Waals surface area contributed by atoms with E-state index in [1.54, 1.807) is 0 Å². The van der Waals surface area contributed by atoms with Crippen molar-refractivity contribution in [3.8, 4) is 0 Å². The first kappa shape index (κ1) is 8.27. The fraction of sp³-hybridized carbons (Fsp3) is 1.00. The Kier molecular flexibility index (Phi) is 1.26. The van der Waals surface area contributed by atoms with Gasteiger partial charge in [-0.15, -0.1) is 0 Å². The Hall–Kier alpha value is -0.0500. The molecule has 0 aromatic heterocycles. The Morgan fingerprint density at radius 2 is 2.08 bits per heavy atom. The van der Waals surface area contributed by atoms with E-state index in [2.05, 4.69) is 13.8 Å². The Balaban J connectivity index is 2.18. The standard InChI is InChI=1S/C10H16O2S/c1-6-7-3-8-9(6)13(11,12)5-10(8,2)4-7/h6-9H,3-5H2,1-2H3. The molecule has 2 nitrogen and oxygen atoms in total. The summed E-state index contributed by atoms with van der Waals surface area (Å²) in [6.45, 7) is 4.32. The van der Waals surface area contributed by atoms with Gasteiger partial charge in [0.15, 0.2) is 9.84 Å². The molecule has 0 amide bonds. The summed E-state index contributed by atoms with van der Waals surface area (Å²) in [5, 5.41) is 0.0243. The van der Waals surface area contributed by atoms with Gasteiger partial charge in [-0.1, -0.05) is 13.8 Å². The summed E-state index contributed by atoms with van der Waals surface area (Å²) in [5.41, 5.74) is 0.153. The second-order valence-electron chi connectivity index (χ2n) is 5.59. The number of sulfone groups is 1. The maximum Gasteiger partial charge on any atom is 0.154 e. The van der Waals surface area contributed by atoms with Gasteiger partial charge in [0.2, 0.25) is 0 Å². The predicted octanol–water partition coefficient (Wildman–Crippen LogP) is 1.47. The molecule has 5 atom stereocenters. The maximum absolute atomic E-state index is 11.9. The molecule has 74 valence electrons. The molecule has 3 fully saturated rings. The van der Waals surface area contributed by atoms with Gasteiger partial charge in [-0.05, 0) is 36.0 Å². The van der Waals surface area contributed by atoms with Gasteiger partial charge >= 0.3 is 0 Å². The van der Waals surface area contributed by atoms with Crippen LogP contribution in [0.15, 0.2) is 0 Å². The van der Waals surface area contributed by atoms with Gasteiger partial charge < -0.3 is 0 Å². The second kappa shape index (κ2) is 1.97. The first-order chi connectivity index (χ1) is 5.94. The topological polar surface area (TPSA) is 34.1 Å². The summed E-state index contributed by atoms with van der Waals surface area (Å²) in [4.78, 5) is 0. The van der Waals surface area contributed by atoms with Crippen LogP contribution in [0.25, 0.3) is 0 Å². The molecule has 2 saturated carbocycles. The Morgan fingerprint density at radius 3 is 2.62 bits per heavy atom. The van der Waals surface area contributed by atoms with Crippen molar-refractivity contribution in [3.05, 3.63) is 0 Å². The van der Waals surface area contributed by atoms with Crippen LogP contribution in [-0.4, -0.2) is 19.4 Å². The quantitative estimate of drug-likeness (QED) is 0.593. The van der Waals surface area contributed by atoms with Crippen molar-refractivity contribution >= 4 is 9.84 Å². The molecule has 13 heavy (non-hydrogen) atoms. The third-order valence-electron chi connectivity index (χ3n) is 4.78. The highest BCUT2D eigenvalue weighted by Crippen LogP contribution is 2.64. The van der Waals surface area contributed by atoms with Crippen molar-refractivity contribution < 1.29 is 8.42 Å². The van der Waals surface area contributed by atoms with Crippen molar-refractivity contribution in [2.75, 3.05) is 5.75 Å². The zero-order valence-electron chi connectivity index (χ0n) is 8.16. The molecule has 3 heteroatoms. The first-order valence-corrected chi connectivity index (χ1v) is 6.87. The lowest BCUT2D eigenvalue weighted by molar-refractivity contribution is 0.213. The maximum atomic E-state index is 11.9. The van der Waals surface area contributed by atoms with E-state index in [1.165, 1.54) is 6.42 Å². The number of hydrogen-bond donors (Lipinski definition) is 0.